The summed E-state index contributed by atoms with van der Waals surface area (Å²) < 4.78 is 53.2. The topological polar surface area (TPSA) is 42.7 Å². The summed E-state index contributed by atoms with van der Waals surface area (Å²) in [6, 6.07) is 18.1. The van der Waals surface area contributed by atoms with Crippen LogP contribution in [0.4, 0.5) is 13.2 Å². The van der Waals surface area contributed by atoms with E-state index in [0.717, 1.165) is 5.56 Å². The lowest BCUT2D eigenvalue weighted by atomic mass is 10.00. The van der Waals surface area contributed by atoms with Gasteiger partial charge in [0.05, 0.1) is 16.5 Å². The Bertz CT molecular complexity index is 1400. The maximum atomic E-state index is 14.0. The number of halogens is 4. The van der Waals surface area contributed by atoms with Crippen molar-refractivity contribution in [3.8, 4) is 16.9 Å². The molecule has 1 aliphatic rings. The largest absolute Gasteiger partial charge is 0.478 e. The van der Waals surface area contributed by atoms with Crippen LogP contribution in [0.1, 0.15) is 16.9 Å². The van der Waals surface area contributed by atoms with Gasteiger partial charge in [-0.1, -0.05) is 60.1 Å². The summed E-state index contributed by atoms with van der Waals surface area (Å²) >= 11 is 6.25. The zero-order valence-corrected chi connectivity index (χ0v) is 17.9. The summed E-state index contributed by atoms with van der Waals surface area (Å²) in [5.74, 6) is -0.926. The predicted octanol–water partition coefficient (Wildman–Crippen LogP) is 6.48. The maximum absolute atomic E-state index is 14.0. The smallest absolute Gasteiger partial charge is 0.450 e. The van der Waals surface area contributed by atoms with E-state index >= 15 is 0 Å². The van der Waals surface area contributed by atoms with Crippen LogP contribution in [0, 0.1) is 0 Å². The second-order valence-electron chi connectivity index (χ2n) is 7.77. The van der Waals surface area contributed by atoms with E-state index in [2.05, 4.69) is 0 Å². The Labute approximate surface area is 191 Å². The van der Waals surface area contributed by atoms with Gasteiger partial charge in [0.25, 0.3) is 0 Å². The Morgan fingerprint density at radius 2 is 1.70 bits per heavy atom. The molecule has 0 spiro atoms. The third-order valence-electron chi connectivity index (χ3n) is 5.58. The van der Waals surface area contributed by atoms with Crippen LogP contribution in [-0.4, -0.2) is 11.6 Å². The van der Waals surface area contributed by atoms with Crippen molar-refractivity contribution in [2.24, 2.45) is 0 Å². The van der Waals surface area contributed by atoms with Gasteiger partial charge in [0.1, 0.15) is 18.1 Å². The summed E-state index contributed by atoms with van der Waals surface area (Å²) in [4.78, 5) is 15.1. The highest BCUT2D eigenvalue weighted by molar-refractivity contribution is 6.31. The van der Waals surface area contributed by atoms with Gasteiger partial charge in [0.15, 0.2) is 0 Å². The molecular weight excluding hydrogens is 455 g/mol. The molecule has 168 valence electrons. The van der Waals surface area contributed by atoms with Crippen LogP contribution < -0.4 is 10.2 Å². The molecule has 2 heterocycles. The molecule has 1 aromatic heterocycles. The summed E-state index contributed by atoms with van der Waals surface area (Å²) in [6.07, 6.45) is -4.85. The molecule has 0 bridgehead atoms. The molecule has 0 N–H and O–H groups in total. The van der Waals surface area contributed by atoms with E-state index in [1.807, 2.05) is 23.1 Å². The van der Waals surface area contributed by atoms with Crippen molar-refractivity contribution in [3.05, 3.63) is 98.9 Å². The molecule has 8 heteroatoms. The van der Waals surface area contributed by atoms with Gasteiger partial charge in [-0.25, -0.2) is 0 Å². The third kappa shape index (κ3) is 3.98. The molecule has 0 unspecified atom stereocenters. The number of rotatable bonds is 3. The van der Waals surface area contributed by atoms with Crippen molar-refractivity contribution in [3.63, 3.8) is 0 Å². The van der Waals surface area contributed by atoms with Gasteiger partial charge in [-0.2, -0.15) is 13.2 Å². The van der Waals surface area contributed by atoms with Crippen molar-refractivity contribution in [2.75, 3.05) is 6.73 Å². The van der Waals surface area contributed by atoms with Crippen LogP contribution in [0.25, 0.3) is 22.1 Å². The van der Waals surface area contributed by atoms with Gasteiger partial charge in [-0.3, -0.25) is 9.69 Å². The first-order chi connectivity index (χ1) is 15.8. The normalized spacial score (nSPS) is 14.2. The molecule has 5 rings (SSSR count). The number of hydrogen-bond acceptors (Lipinski definition) is 4. The third-order valence-corrected chi connectivity index (χ3v) is 5.95. The van der Waals surface area contributed by atoms with Gasteiger partial charge < -0.3 is 9.15 Å². The number of alkyl halides is 3. The number of ether oxygens (including phenoxy) is 1. The molecule has 0 atom stereocenters. The minimum absolute atomic E-state index is 0.0730. The number of nitrogens with zero attached hydrogens (tertiary/aromatic N) is 1. The fraction of sp³-hybridized carbons (Fsp3) is 0.160. The van der Waals surface area contributed by atoms with Crippen molar-refractivity contribution < 1.29 is 22.3 Å². The Morgan fingerprint density at radius 3 is 2.42 bits per heavy atom. The van der Waals surface area contributed by atoms with Gasteiger partial charge in [0, 0.05) is 18.1 Å². The summed E-state index contributed by atoms with van der Waals surface area (Å²) in [5, 5.41) is 0.656. The van der Waals surface area contributed by atoms with Crippen LogP contribution in [0.5, 0.6) is 5.75 Å². The van der Waals surface area contributed by atoms with E-state index in [-0.39, 0.29) is 29.8 Å². The molecule has 0 amide bonds. The molecule has 0 fully saturated rings. The van der Waals surface area contributed by atoms with Crippen molar-refractivity contribution in [2.45, 2.75) is 19.3 Å². The lowest BCUT2D eigenvalue weighted by Gasteiger charge is -2.29. The average molecular weight is 472 g/mol. The Morgan fingerprint density at radius 1 is 0.970 bits per heavy atom. The highest BCUT2D eigenvalue weighted by atomic mass is 35.5. The van der Waals surface area contributed by atoms with E-state index in [1.54, 1.807) is 30.3 Å². The molecule has 0 saturated heterocycles. The van der Waals surface area contributed by atoms with Gasteiger partial charge in [-0.15, -0.1) is 0 Å². The molecule has 3 aromatic carbocycles. The van der Waals surface area contributed by atoms with E-state index in [9.17, 15) is 18.0 Å². The fourth-order valence-corrected chi connectivity index (χ4v) is 4.24. The molecule has 4 nitrogen and oxygen atoms in total. The molecule has 0 aliphatic carbocycles. The number of benzene rings is 3. The van der Waals surface area contributed by atoms with Crippen LogP contribution in [0.15, 0.2) is 75.9 Å². The first kappa shape index (κ1) is 21.6. The Balaban J connectivity index is 1.65. The van der Waals surface area contributed by atoms with Crippen molar-refractivity contribution in [1.29, 1.82) is 0 Å². The summed E-state index contributed by atoms with van der Waals surface area (Å²) in [5.41, 5.74) is 0.0485. The summed E-state index contributed by atoms with van der Waals surface area (Å²) in [7, 11) is 0. The monoisotopic (exact) mass is 471 g/mol. The van der Waals surface area contributed by atoms with Crippen LogP contribution in [0.2, 0.25) is 5.02 Å². The standard InChI is InChI=1S/C25H17ClF3NO3/c26-19-9-5-4-8-16(19)12-30-13-18-20(32-14-30)11-10-17-22(31)21(15-6-2-1-3-7-15)24(25(27,28)29)33-23(17)18/h1-11H,12-14H2. The highest BCUT2D eigenvalue weighted by Gasteiger charge is 2.40. The van der Waals surface area contributed by atoms with E-state index in [1.165, 1.54) is 18.2 Å². The molecule has 4 aromatic rings. The van der Waals surface area contributed by atoms with Gasteiger partial charge in [0.2, 0.25) is 11.2 Å². The molecule has 0 saturated carbocycles. The maximum Gasteiger partial charge on any atom is 0.450 e. The minimum atomic E-state index is -4.85. The predicted molar refractivity (Wildman–Crippen MR) is 119 cm³/mol. The molecular formula is C25H17ClF3NO3. The number of fused-ring (bicyclic) bond motifs is 3. The fourth-order valence-electron chi connectivity index (χ4n) is 4.05. The molecule has 33 heavy (non-hydrogen) atoms. The second kappa shape index (κ2) is 8.24. The molecule has 0 radical (unpaired) electrons. The minimum Gasteiger partial charge on any atom is -0.478 e. The lowest BCUT2D eigenvalue weighted by molar-refractivity contribution is -0.152. The second-order valence-corrected chi connectivity index (χ2v) is 8.18. The van der Waals surface area contributed by atoms with Gasteiger partial charge >= 0.3 is 6.18 Å². The first-order valence-electron chi connectivity index (χ1n) is 10.2. The Hall–Kier alpha value is -3.29. The Kier molecular flexibility index (Phi) is 5.38. The van der Waals surface area contributed by atoms with Crippen LogP contribution >= 0.6 is 11.6 Å². The molecule has 1 aliphatic heterocycles. The van der Waals surface area contributed by atoms with Crippen LogP contribution in [0.3, 0.4) is 0 Å². The van der Waals surface area contributed by atoms with E-state index < -0.39 is 22.9 Å². The van der Waals surface area contributed by atoms with E-state index in [0.29, 0.717) is 22.9 Å². The van der Waals surface area contributed by atoms with Crippen LogP contribution in [-0.2, 0) is 19.3 Å². The quantitative estimate of drug-likeness (QED) is 0.343. The number of hydrogen-bond donors (Lipinski definition) is 0. The van der Waals surface area contributed by atoms with Crippen molar-refractivity contribution >= 4 is 22.6 Å². The highest BCUT2D eigenvalue weighted by Crippen LogP contribution is 2.40. The SMILES string of the molecule is O=c1c(-c2ccccc2)c(C(F)(F)F)oc2c3c(ccc12)OCN(Cc1ccccc1Cl)C3. The average Bonchev–Trinajstić information content (AvgIpc) is 2.80. The summed E-state index contributed by atoms with van der Waals surface area (Å²) in [6.45, 7) is 0.888. The zero-order valence-electron chi connectivity index (χ0n) is 17.2. The lowest BCUT2D eigenvalue weighted by Crippen LogP contribution is -2.32. The van der Waals surface area contributed by atoms with Gasteiger partial charge in [-0.05, 0) is 29.3 Å². The zero-order chi connectivity index (χ0) is 23.2. The first-order valence-corrected chi connectivity index (χ1v) is 10.5. The van der Waals surface area contributed by atoms with E-state index in [4.69, 9.17) is 20.8 Å². The van der Waals surface area contributed by atoms with Crippen molar-refractivity contribution in [1.82, 2.24) is 4.90 Å².